The predicted molar refractivity (Wildman–Crippen MR) is 105 cm³/mol. The van der Waals surface area contributed by atoms with Crippen molar-refractivity contribution in [1.29, 1.82) is 0 Å². The summed E-state index contributed by atoms with van der Waals surface area (Å²) in [5.41, 5.74) is 2.82. The summed E-state index contributed by atoms with van der Waals surface area (Å²) in [4.78, 5) is 30.5. The molecule has 0 atom stereocenters. The van der Waals surface area contributed by atoms with Gasteiger partial charge in [0.2, 0.25) is 0 Å². The highest BCUT2D eigenvalue weighted by molar-refractivity contribution is 7.18. The fraction of sp³-hybridized carbons (Fsp3) is 0.176. The summed E-state index contributed by atoms with van der Waals surface area (Å²) in [6.07, 6.45) is 3.66. The molecule has 9 heteroatoms. The monoisotopic (exact) mass is 408 g/mol. The number of aryl methyl sites for hydroxylation is 1. The maximum Gasteiger partial charge on any atom is 0.262 e. The van der Waals surface area contributed by atoms with E-state index in [4.69, 9.17) is 23.2 Å². The normalized spacial score (nSPS) is 11.3. The van der Waals surface area contributed by atoms with Crippen LogP contribution in [0.15, 0.2) is 40.5 Å². The van der Waals surface area contributed by atoms with Crippen molar-refractivity contribution < 1.29 is 4.79 Å². The van der Waals surface area contributed by atoms with Crippen LogP contribution >= 0.6 is 34.5 Å². The lowest BCUT2D eigenvalue weighted by Gasteiger charge is -2.03. The van der Waals surface area contributed by atoms with Crippen LogP contribution in [-0.4, -0.2) is 21.7 Å². The quantitative estimate of drug-likeness (QED) is 0.518. The van der Waals surface area contributed by atoms with E-state index in [9.17, 15) is 9.59 Å². The highest BCUT2D eigenvalue weighted by atomic mass is 35.5. The second-order valence-electron chi connectivity index (χ2n) is 5.43. The van der Waals surface area contributed by atoms with Gasteiger partial charge in [-0.2, -0.15) is 5.10 Å². The molecule has 0 bridgehead atoms. The number of amides is 1. The summed E-state index contributed by atoms with van der Waals surface area (Å²) >= 11 is 13.2. The molecule has 0 saturated carbocycles. The molecule has 134 valence electrons. The van der Waals surface area contributed by atoms with Crippen molar-refractivity contribution >= 4 is 56.9 Å². The van der Waals surface area contributed by atoms with Crippen molar-refractivity contribution in [3.05, 3.63) is 61.4 Å². The van der Waals surface area contributed by atoms with Gasteiger partial charge >= 0.3 is 0 Å². The second kappa shape index (κ2) is 7.99. The number of halogens is 2. The molecule has 2 aromatic heterocycles. The highest BCUT2D eigenvalue weighted by Gasteiger charge is 2.10. The predicted octanol–water partition coefficient (Wildman–Crippen LogP) is 3.48. The van der Waals surface area contributed by atoms with Crippen molar-refractivity contribution in [2.45, 2.75) is 19.9 Å². The average molecular weight is 409 g/mol. The summed E-state index contributed by atoms with van der Waals surface area (Å²) in [6.45, 7) is 1.85. The second-order valence-corrected chi connectivity index (χ2v) is 7.36. The minimum Gasteiger partial charge on any atom is -0.289 e. The van der Waals surface area contributed by atoms with Crippen LogP contribution in [0.3, 0.4) is 0 Å². The number of hydrogen-bond donors (Lipinski definition) is 1. The Bertz CT molecular complexity index is 1060. The molecule has 0 spiro atoms. The number of fused-ring (bicyclic) bond motifs is 1. The number of aromatic nitrogens is 2. The molecule has 0 fully saturated rings. The van der Waals surface area contributed by atoms with Crippen LogP contribution in [0.25, 0.3) is 10.2 Å². The van der Waals surface area contributed by atoms with Gasteiger partial charge in [0.25, 0.3) is 11.5 Å². The molecule has 6 nitrogen and oxygen atoms in total. The molecule has 1 N–H and O–H groups in total. The fourth-order valence-corrected chi connectivity index (χ4v) is 3.49. The first-order chi connectivity index (χ1) is 12.5. The first kappa shape index (κ1) is 18.6. The third-order valence-corrected chi connectivity index (χ3v) is 5.50. The molecule has 2 heterocycles. The Labute approximate surface area is 163 Å². The molecule has 0 aliphatic rings. The zero-order valence-corrected chi connectivity index (χ0v) is 16.0. The molecule has 3 aromatic rings. The number of hydrogen-bond acceptors (Lipinski definition) is 5. The highest BCUT2D eigenvalue weighted by Crippen LogP contribution is 2.22. The zero-order valence-electron chi connectivity index (χ0n) is 13.7. The average Bonchev–Trinajstić information content (AvgIpc) is 3.05. The zero-order chi connectivity index (χ0) is 18.7. The fourth-order valence-electron chi connectivity index (χ4n) is 2.26. The van der Waals surface area contributed by atoms with Crippen LogP contribution in [0.4, 0.5) is 0 Å². The van der Waals surface area contributed by atoms with Gasteiger partial charge in [0.05, 0.1) is 28.0 Å². The molecule has 26 heavy (non-hydrogen) atoms. The third-order valence-electron chi connectivity index (χ3n) is 3.58. The first-order valence-corrected chi connectivity index (χ1v) is 9.30. The summed E-state index contributed by atoms with van der Waals surface area (Å²) in [6, 6.07) is 6.81. The molecule has 0 unspecified atom stereocenters. The number of thiophene rings is 1. The number of benzene rings is 1. The van der Waals surface area contributed by atoms with E-state index in [2.05, 4.69) is 15.5 Å². The summed E-state index contributed by atoms with van der Waals surface area (Å²) < 4.78 is 1.26. The summed E-state index contributed by atoms with van der Waals surface area (Å²) in [5.74, 6) is -0.435. The number of carbonyl (C=O) groups is 1. The van der Waals surface area contributed by atoms with Crippen LogP contribution in [0, 0.1) is 0 Å². The Hall–Kier alpha value is -2.22. The van der Waals surface area contributed by atoms with Crippen molar-refractivity contribution in [2.24, 2.45) is 5.10 Å². The topological polar surface area (TPSA) is 76.3 Å². The maximum absolute atomic E-state index is 12.4. The lowest BCUT2D eigenvalue weighted by Crippen LogP contribution is -2.29. The van der Waals surface area contributed by atoms with Crippen LogP contribution in [0.5, 0.6) is 0 Å². The molecule has 0 aliphatic heterocycles. The van der Waals surface area contributed by atoms with Crippen LogP contribution in [0.1, 0.15) is 17.4 Å². The van der Waals surface area contributed by atoms with E-state index in [1.54, 1.807) is 18.2 Å². The Morgan fingerprint density at radius 1 is 1.35 bits per heavy atom. The van der Waals surface area contributed by atoms with Gasteiger partial charge in [0, 0.05) is 4.88 Å². The molecule has 0 saturated heterocycles. The summed E-state index contributed by atoms with van der Waals surface area (Å²) in [7, 11) is 0. The van der Waals surface area contributed by atoms with Gasteiger partial charge in [0.15, 0.2) is 0 Å². The molecule has 1 amide bonds. The van der Waals surface area contributed by atoms with E-state index in [1.807, 2.05) is 13.0 Å². The standard InChI is InChI=1S/C17H14Cl2N4O2S/c1-2-11-6-12-16(26-11)20-9-23(17(12)25)8-15(24)22-21-7-10-3-4-13(18)14(19)5-10/h3-7,9H,2,8H2,1H3,(H,22,24)/b21-7-. The van der Waals surface area contributed by atoms with Gasteiger partial charge in [-0.1, -0.05) is 36.2 Å². The largest absolute Gasteiger partial charge is 0.289 e. The van der Waals surface area contributed by atoms with E-state index < -0.39 is 5.91 Å². The van der Waals surface area contributed by atoms with E-state index in [-0.39, 0.29) is 12.1 Å². The number of hydrazone groups is 1. The Morgan fingerprint density at radius 2 is 2.15 bits per heavy atom. The van der Waals surface area contributed by atoms with Gasteiger partial charge in [-0.3, -0.25) is 14.2 Å². The smallest absolute Gasteiger partial charge is 0.262 e. The van der Waals surface area contributed by atoms with Gasteiger partial charge in [-0.05, 0) is 30.2 Å². The van der Waals surface area contributed by atoms with Crippen molar-refractivity contribution in [1.82, 2.24) is 15.0 Å². The minimum atomic E-state index is -0.435. The van der Waals surface area contributed by atoms with Gasteiger partial charge in [-0.15, -0.1) is 11.3 Å². The van der Waals surface area contributed by atoms with Gasteiger partial charge in [-0.25, -0.2) is 10.4 Å². The third kappa shape index (κ3) is 4.12. The van der Waals surface area contributed by atoms with E-state index in [0.29, 0.717) is 25.8 Å². The van der Waals surface area contributed by atoms with Gasteiger partial charge < -0.3 is 0 Å². The number of nitrogens with zero attached hydrogens (tertiary/aromatic N) is 3. The number of nitrogens with one attached hydrogen (secondary N) is 1. The summed E-state index contributed by atoms with van der Waals surface area (Å²) in [5, 5.41) is 5.22. The molecule has 0 radical (unpaired) electrons. The Morgan fingerprint density at radius 3 is 2.88 bits per heavy atom. The number of rotatable bonds is 5. The van der Waals surface area contributed by atoms with Crippen LogP contribution in [-0.2, 0) is 17.8 Å². The SMILES string of the molecule is CCc1cc2c(=O)n(CC(=O)N/N=C\c3ccc(Cl)c(Cl)c3)cnc2s1. The van der Waals surface area contributed by atoms with Crippen LogP contribution < -0.4 is 11.0 Å². The molecule has 3 rings (SSSR count). The van der Waals surface area contributed by atoms with E-state index in [0.717, 1.165) is 11.3 Å². The van der Waals surface area contributed by atoms with Gasteiger partial charge in [0.1, 0.15) is 11.4 Å². The van der Waals surface area contributed by atoms with Crippen LogP contribution in [0.2, 0.25) is 10.0 Å². The minimum absolute atomic E-state index is 0.169. The van der Waals surface area contributed by atoms with Crippen molar-refractivity contribution in [3.63, 3.8) is 0 Å². The van der Waals surface area contributed by atoms with E-state index in [1.165, 1.54) is 28.4 Å². The van der Waals surface area contributed by atoms with E-state index >= 15 is 0 Å². The van der Waals surface area contributed by atoms with Crippen molar-refractivity contribution in [3.8, 4) is 0 Å². The lowest BCUT2D eigenvalue weighted by molar-refractivity contribution is -0.121. The molecular weight excluding hydrogens is 395 g/mol. The first-order valence-electron chi connectivity index (χ1n) is 7.72. The van der Waals surface area contributed by atoms with Crippen molar-refractivity contribution in [2.75, 3.05) is 0 Å². The lowest BCUT2D eigenvalue weighted by atomic mass is 10.2. The molecular formula is C17H14Cl2N4O2S. The Kier molecular flexibility index (Phi) is 5.70. The molecule has 0 aliphatic carbocycles. The number of carbonyl (C=O) groups excluding carboxylic acids is 1. The Balaban J connectivity index is 1.69. The molecule has 1 aromatic carbocycles. The maximum atomic E-state index is 12.4.